The van der Waals surface area contributed by atoms with E-state index in [-0.39, 0.29) is 36.2 Å². The predicted molar refractivity (Wildman–Crippen MR) is 122 cm³/mol. The smallest absolute Gasteiger partial charge is 0.407 e. The highest BCUT2D eigenvalue weighted by Crippen LogP contribution is 2.51. The molecule has 2 amide bonds. The number of fused-ring (bicyclic) bond motifs is 4. The molecule has 2 aliphatic carbocycles. The van der Waals surface area contributed by atoms with Gasteiger partial charge in [0.1, 0.15) is 12.6 Å². The van der Waals surface area contributed by atoms with E-state index in [0.717, 1.165) is 22.3 Å². The topological polar surface area (TPSA) is 95.9 Å². The summed E-state index contributed by atoms with van der Waals surface area (Å²) in [6.45, 7) is 3.02. The molecule has 33 heavy (non-hydrogen) atoms. The molecule has 1 unspecified atom stereocenters. The molecular weight excluding hydrogens is 420 g/mol. The van der Waals surface area contributed by atoms with Crippen molar-refractivity contribution in [1.29, 1.82) is 0 Å². The molecule has 2 N–H and O–H groups in total. The Morgan fingerprint density at radius 3 is 2.30 bits per heavy atom. The van der Waals surface area contributed by atoms with E-state index in [0.29, 0.717) is 25.9 Å². The molecule has 5 rings (SSSR count). The third-order valence-corrected chi connectivity index (χ3v) is 7.43. The van der Waals surface area contributed by atoms with E-state index >= 15 is 0 Å². The Morgan fingerprint density at radius 2 is 1.70 bits per heavy atom. The number of carbonyl (C=O) groups is 3. The fraction of sp³-hybridized carbons (Fsp3) is 0.423. The molecule has 2 aromatic rings. The summed E-state index contributed by atoms with van der Waals surface area (Å²) in [7, 11) is 0. The molecule has 7 heteroatoms. The minimum Gasteiger partial charge on any atom is -0.481 e. The second-order valence-electron chi connectivity index (χ2n) is 9.20. The number of alkyl carbamates (subject to hydrolysis) is 1. The van der Waals surface area contributed by atoms with Crippen molar-refractivity contribution in [2.75, 3.05) is 19.7 Å². The number of nitrogens with zero attached hydrogens (tertiary/aromatic N) is 1. The van der Waals surface area contributed by atoms with Crippen molar-refractivity contribution in [1.82, 2.24) is 10.2 Å². The molecule has 1 saturated heterocycles. The summed E-state index contributed by atoms with van der Waals surface area (Å²) in [5.41, 5.74) is 4.59. The number of carbonyl (C=O) groups excluding carboxylic acids is 2. The first-order valence-electron chi connectivity index (χ1n) is 11.6. The number of benzene rings is 2. The standard InChI is InChI=1S/C26H28N2O5/c1-2-22(24(29)28-12-11-19-20(13-28)23(19)25(30)31)27-26(32)33-14-21-17-9-5-3-7-15(17)16-8-4-6-10-18(16)21/h3-10,19-23H,2,11-14H2,1H3,(H,27,32)(H,30,31)/t19-,20+,22+,23?/m1/s1. The van der Waals surface area contributed by atoms with Crippen molar-refractivity contribution in [3.63, 3.8) is 0 Å². The first-order chi connectivity index (χ1) is 16.0. The van der Waals surface area contributed by atoms with Crippen molar-refractivity contribution < 1.29 is 24.2 Å². The average molecular weight is 449 g/mol. The maximum absolute atomic E-state index is 13.0. The lowest BCUT2D eigenvalue weighted by Crippen LogP contribution is -2.50. The summed E-state index contributed by atoms with van der Waals surface area (Å²) in [5, 5.41) is 12.0. The zero-order chi connectivity index (χ0) is 23.1. The number of aliphatic carboxylic acids is 1. The zero-order valence-electron chi connectivity index (χ0n) is 18.6. The number of carboxylic acid groups (broad SMARTS) is 1. The summed E-state index contributed by atoms with van der Waals surface area (Å²) in [6.07, 6.45) is 0.534. The third kappa shape index (κ3) is 3.86. The molecule has 1 heterocycles. The maximum Gasteiger partial charge on any atom is 0.407 e. The van der Waals surface area contributed by atoms with Gasteiger partial charge in [-0.1, -0.05) is 55.5 Å². The van der Waals surface area contributed by atoms with E-state index in [9.17, 15) is 19.5 Å². The van der Waals surface area contributed by atoms with Gasteiger partial charge >= 0.3 is 12.1 Å². The normalized spacial score (nSPS) is 23.7. The van der Waals surface area contributed by atoms with E-state index in [2.05, 4.69) is 29.6 Å². The van der Waals surface area contributed by atoms with Crippen LogP contribution in [0.4, 0.5) is 4.79 Å². The number of carboxylic acids is 1. The van der Waals surface area contributed by atoms with E-state index in [4.69, 9.17) is 4.74 Å². The van der Waals surface area contributed by atoms with Crippen molar-refractivity contribution in [2.24, 2.45) is 17.8 Å². The van der Waals surface area contributed by atoms with Gasteiger partial charge in [0.2, 0.25) is 5.91 Å². The minimum atomic E-state index is -0.775. The van der Waals surface area contributed by atoms with Crippen LogP contribution in [0, 0.1) is 17.8 Å². The van der Waals surface area contributed by atoms with Crippen LogP contribution < -0.4 is 5.32 Å². The van der Waals surface area contributed by atoms with E-state index < -0.39 is 18.1 Å². The Balaban J connectivity index is 1.19. The first-order valence-corrected chi connectivity index (χ1v) is 11.6. The van der Waals surface area contributed by atoms with Gasteiger partial charge in [0.05, 0.1) is 5.92 Å². The van der Waals surface area contributed by atoms with E-state index in [1.54, 1.807) is 4.90 Å². The van der Waals surface area contributed by atoms with Crippen LogP contribution in [0.15, 0.2) is 48.5 Å². The van der Waals surface area contributed by atoms with Gasteiger partial charge in [-0.25, -0.2) is 4.79 Å². The maximum atomic E-state index is 13.0. The van der Waals surface area contributed by atoms with Crippen molar-refractivity contribution >= 4 is 18.0 Å². The number of ether oxygens (including phenoxy) is 1. The van der Waals surface area contributed by atoms with Gasteiger partial charge in [0, 0.05) is 19.0 Å². The molecule has 0 aromatic heterocycles. The van der Waals surface area contributed by atoms with Crippen LogP contribution in [-0.4, -0.2) is 53.7 Å². The van der Waals surface area contributed by atoms with Gasteiger partial charge in [-0.05, 0) is 46.9 Å². The van der Waals surface area contributed by atoms with Crippen molar-refractivity contribution in [3.05, 3.63) is 59.7 Å². The number of likely N-dealkylation sites (tertiary alicyclic amines) is 1. The molecular formula is C26H28N2O5. The highest BCUT2D eigenvalue weighted by Gasteiger charge is 2.57. The van der Waals surface area contributed by atoms with Crippen LogP contribution in [0.2, 0.25) is 0 Å². The number of nitrogens with one attached hydrogen (secondary N) is 1. The fourth-order valence-corrected chi connectivity index (χ4v) is 5.65. The van der Waals surface area contributed by atoms with Crippen molar-refractivity contribution in [3.8, 4) is 11.1 Å². The fourth-order valence-electron chi connectivity index (χ4n) is 5.65. The molecule has 1 aliphatic heterocycles. The van der Waals surface area contributed by atoms with Crippen LogP contribution in [0.3, 0.4) is 0 Å². The number of hydrogen-bond donors (Lipinski definition) is 2. The van der Waals surface area contributed by atoms with E-state index in [1.165, 1.54) is 0 Å². The summed E-state index contributed by atoms with van der Waals surface area (Å²) < 4.78 is 5.59. The predicted octanol–water partition coefficient (Wildman–Crippen LogP) is 3.48. The number of amides is 2. The van der Waals surface area contributed by atoms with E-state index in [1.807, 2.05) is 31.2 Å². The Morgan fingerprint density at radius 1 is 1.06 bits per heavy atom. The molecule has 1 saturated carbocycles. The van der Waals surface area contributed by atoms with Crippen LogP contribution in [0.1, 0.15) is 36.8 Å². The molecule has 0 spiro atoms. The number of piperidine rings is 1. The van der Waals surface area contributed by atoms with Gasteiger partial charge in [-0.15, -0.1) is 0 Å². The van der Waals surface area contributed by atoms with Crippen LogP contribution in [0.25, 0.3) is 11.1 Å². The molecule has 3 aliphatic rings. The second kappa shape index (κ2) is 8.54. The van der Waals surface area contributed by atoms with Gasteiger partial charge in [0.15, 0.2) is 0 Å². The van der Waals surface area contributed by atoms with Crippen LogP contribution >= 0.6 is 0 Å². The Kier molecular flexibility index (Phi) is 5.56. The quantitative estimate of drug-likeness (QED) is 0.705. The van der Waals surface area contributed by atoms with Crippen molar-refractivity contribution in [2.45, 2.75) is 31.7 Å². The van der Waals surface area contributed by atoms with Gasteiger partial charge in [0.25, 0.3) is 0 Å². The summed E-state index contributed by atoms with van der Waals surface area (Å²) >= 11 is 0. The molecule has 2 fully saturated rings. The minimum absolute atomic E-state index is 0.0344. The summed E-state index contributed by atoms with van der Waals surface area (Å²) in [6, 6.07) is 15.6. The highest BCUT2D eigenvalue weighted by atomic mass is 16.5. The largest absolute Gasteiger partial charge is 0.481 e. The lowest BCUT2D eigenvalue weighted by molar-refractivity contribution is -0.139. The van der Waals surface area contributed by atoms with Gasteiger partial charge in [-0.3, -0.25) is 9.59 Å². The Hall–Kier alpha value is -3.35. The van der Waals surface area contributed by atoms with Gasteiger partial charge in [-0.2, -0.15) is 0 Å². The SMILES string of the molecule is CC[C@H](NC(=O)OCC1c2ccccc2-c2ccccc21)C(=O)N1CC[C@H]2C(C(=O)O)[C@H]2C1. The average Bonchev–Trinajstić information content (AvgIpc) is 3.48. The Labute approximate surface area is 192 Å². The monoisotopic (exact) mass is 448 g/mol. The highest BCUT2D eigenvalue weighted by molar-refractivity contribution is 5.86. The zero-order valence-corrected chi connectivity index (χ0v) is 18.6. The first kappa shape index (κ1) is 21.5. The third-order valence-electron chi connectivity index (χ3n) is 7.43. The molecule has 0 radical (unpaired) electrons. The van der Waals surface area contributed by atoms with Crippen LogP contribution in [-0.2, 0) is 14.3 Å². The molecule has 7 nitrogen and oxygen atoms in total. The lowest BCUT2D eigenvalue weighted by Gasteiger charge is -2.30. The summed E-state index contributed by atoms with van der Waals surface area (Å²) in [4.78, 5) is 38.6. The number of rotatable bonds is 6. The molecule has 4 atom stereocenters. The Bertz CT molecular complexity index is 1050. The summed E-state index contributed by atoms with van der Waals surface area (Å²) in [5.74, 6) is -1.10. The van der Waals surface area contributed by atoms with Gasteiger partial charge < -0.3 is 20.1 Å². The second-order valence-corrected chi connectivity index (χ2v) is 9.20. The number of hydrogen-bond acceptors (Lipinski definition) is 4. The molecule has 0 bridgehead atoms. The molecule has 172 valence electrons. The van der Waals surface area contributed by atoms with Crippen LogP contribution in [0.5, 0.6) is 0 Å². The lowest BCUT2D eigenvalue weighted by atomic mass is 9.98. The molecule has 2 aromatic carbocycles.